The van der Waals surface area contributed by atoms with Gasteiger partial charge >= 0.3 is 0 Å². The van der Waals surface area contributed by atoms with Crippen LogP contribution < -0.4 is 11.1 Å². The second-order valence-electron chi connectivity index (χ2n) is 3.93. The number of nitrogens with one attached hydrogen (secondary N) is 1. The molecule has 0 radical (unpaired) electrons. The third-order valence-electron chi connectivity index (χ3n) is 2.40. The Kier molecular flexibility index (Phi) is 5.03. The molecule has 0 saturated heterocycles. The van der Waals surface area contributed by atoms with E-state index in [2.05, 4.69) is 5.32 Å². The summed E-state index contributed by atoms with van der Waals surface area (Å²) >= 11 is 0. The van der Waals surface area contributed by atoms with E-state index in [0.29, 0.717) is 6.54 Å². The molecule has 0 saturated carbocycles. The van der Waals surface area contributed by atoms with Gasteiger partial charge in [-0.3, -0.25) is 4.79 Å². The van der Waals surface area contributed by atoms with Gasteiger partial charge in [0.1, 0.15) is 0 Å². The molecule has 3 nitrogen and oxygen atoms in total. The van der Waals surface area contributed by atoms with Gasteiger partial charge in [0.25, 0.3) is 5.91 Å². The van der Waals surface area contributed by atoms with Crippen molar-refractivity contribution < 1.29 is 13.6 Å². The molecule has 0 fully saturated rings. The zero-order valence-electron chi connectivity index (χ0n) is 9.67. The van der Waals surface area contributed by atoms with Crippen LogP contribution in [0, 0.1) is 11.6 Å². The molecule has 1 aromatic rings. The summed E-state index contributed by atoms with van der Waals surface area (Å²) in [6.07, 6.45) is 1.56. The van der Waals surface area contributed by atoms with Crippen LogP contribution in [0.1, 0.15) is 30.1 Å². The van der Waals surface area contributed by atoms with Gasteiger partial charge in [-0.25, -0.2) is 8.78 Å². The number of hydrogen-bond acceptors (Lipinski definition) is 2. The van der Waals surface area contributed by atoms with Crippen molar-refractivity contribution in [3.8, 4) is 0 Å². The number of carbonyl (C=O) groups excluding carboxylic acids is 1. The average molecular weight is 242 g/mol. The molecule has 1 amide bonds. The number of nitrogens with two attached hydrogens (primary N) is 1. The van der Waals surface area contributed by atoms with Gasteiger partial charge in [-0.1, -0.05) is 0 Å². The van der Waals surface area contributed by atoms with E-state index < -0.39 is 17.5 Å². The molecule has 0 heterocycles. The van der Waals surface area contributed by atoms with Crippen molar-refractivity contribution in [1.82, 2.24) is 5.32 Å². The third kappa shape index (κ3) is 4.11. The van der Waals surface area contributed by atoms with E-state index in [1.165, 1.54) is 6.07 Å². The maximum absolute atomic E-state index is 12.9. The highest BCUT2D eigenvalue weighted by Gasteiger charge is 2.11. The molecule has 1 atom stereocenters. The summed E-state index contributed by atoms with van der Waals surface area (Å²) in [6.45, 7) is 2.40. The van der Waals surface area contributed by atoms with Crippen molar-refractivity contribution in [2.45, 2.75) is 25.8 Å². The molecule has 17 heavy (non-hydrogen) atoms. The Labute approximate surface area is 99.0 Å². The van der Waals surface area contributed by atoms with Crippen LogP contribution >= 0.6 is 0 Å². The van der Waals surface area contributed by atoms with Crippen LogP contribution in [0.5, 0.6) is 0 Å². The highest BCUT2D eigenvalue weighted by Crippen LogP contribution is 2.09. The molecule has 3 N–H and O–H groups in total. The SMILES string of the molecule is CC(CCCN)NC(=O)c1ccc(F)c(F)c1. The second kappa shape index (κ2) is 6.30. The summed E-state index contributed by atoms with van der Waals surface area (Å²) in [6, 6.07) is 3.04. The number of benzene rings is 1. The van der Waals surface area contributed by atoms with Gasteiger partial charge < -0.3 is 11.1 Å². The van der Waals surface area contributed by atoms with E-state index in [-0.39, 0.29) is 11.6 Å². The van der Waals surface area contributed by atoms with Crippen LogP contribution in [0.2, 0.25) is 0 Å². The molecular weight excluding hydrogens is 226 g/mol. The van der Waals surface area contributed by atoms with Crippen LogP contribution in [-0.2, 0) is 0 Å². The van der Waals surface area contributed by atoms with Crippen LogP contribution in [-0.4, -0.2) is 18.5 Å². The highest BCUT2D eigenvalue weighted by molar-refractivity contribution is 5.94. The Morgan fingerprint density at radius 2 is 2.12 bits per heavy atom. The Morgan fingerprint density at radius 1 is 1.41 bits per heavy atom. The molecule has 0 aliphatic rings. The molecule has 1 aromatic carbocycles. The minimum atomic E-state index is -1.02. The van der Waals surface area contributed by atoms with Crippen LogP contribution in [0.25, 0.3) is 0 Å². The van der Waals surface area contributed by atoms with E-state index in [0.717, 1.165) is 25.0 Å². The first kappa shape index (κ1) is 13.6. The Hall–Kier alpha value is -1.49. The van der Waals surface area contributed by atoms with E-state index in [1.807, 2.05) is 6.92 Å². The number of amides is 1. The zero-order valence-corrected chi connectivity index (χ0v) is 9.67. The van der Waals surface area contributed by atoms with Crippen molar-refractivity contribution in [1.29, 1.82) is 0 Å². The fourth-order valence-electron chi connectivity index (χ4n) is 1.44. The molecule has 1 rings (SSSR count). The molecule has 0 aliphatic carbocycles. The molecule has 0 bridgehead atoms. The van der Waals surface area contributed by atoms with E-state index >= 15 is 0 Å². The summed E-state index contributed by atoms with van der Waals surface area (Å²) in [5.74, 6) is -2.39. The quantitative estimate of drug-likeness (QED) is 0.827. The minimum Gasteiger partial charge on any atom is -0.350 e. The fourth-order valence-corrected chi connectivity index (χ4v) is 1.44. The van der Waals surface area contributed by atoms with Gasteiger partial charge in [-0.05, 0) is 44.5 Å². The first-order chi connectivity index (χ1) is 8.04. The van der Waals surface area contributed by atoms with Gasteiger partial charge in [0.05, 0.1) is 0 Å². The maximum Gasteiger partial charge on any atom is 0.251 e. The first-order valence-corrected chi connectivity index (χ1v) is 5.50. The van der Waals surface area contributed by atoms with Crippen molar-refractivity contribution in [2.75, 3.05) is 6.54 Å². The summed E-state index contributed by atoms with van der Waals surface area (Å²) in [5.41, 5.74) is 5.47. The van der Waals surface area contributed by atoms with E-state index in [1.54, 1.807) is 0 Å². The second-order valence-corrected chi connectivity index (χ2v) is 3.93. The largest absolute Gasteiger partial charge is 0.350 e. The van der Waals surface area contributed by atoms with Crippen LogP contribution in [0.3, 0.4) is 0 Å². The Balaban J connectivity index is 2.60. The third-order valence-corrected chi connectivity index (χ3v) is 2.40. The van der Waals surface area contributed by atoms with E-state index in [9.17, 15) is 13.6 Å². The van der Waals surface area contributed by atoms with Gasteiger partial charge in [-0.2, -0.15) is 0 Å². The standard InChI is InChI=1S/C12H16F2N2O/c1-8(3-2-6-15)16-12(17)9-4-5-10(13)11(14)7-9/h4-5,7-8H,2-3,6,15H2,1H3,(H,16,17). The Morgan fingerprint density at radius 3 is 2.71 bits per heavy atom. The normalized spacial score (nSPS) is 12.2. The van der Waals surface area contributed by atoms with Gasteiger partial charge in [-0.15, -0.1) is 0 Å². The topological polar surface area (TPSA) is 55.1 Å². The molecular formula is C12H16F2N2O. The number of rotatable bonds is 5. The predicted molar refractivity (Wildman–Crippen MR) is 61.6 cm³/mol. The molecule has 1 unspecified atom stereocenters. The number of carbonyl (C=O) groups is 1. The zero-order chi connectivity index (χ0) is 12.8. The van der Waals surface area contributed by atoms with E-state index in [4.69, 9.17) is 5.73 Å². The Bertz CT molecular complexity index is 396. The minimum absolute atomic E-state index is 0.0424. The lowest BCUT2D eigenvalue weighted by Gasteiger charge is -2.13. The lowest BCUT2D eigenvalue weighted by molar-refractivity contribution is 0.0937. The monoisotopic (exact) mass is 242 g/mol. The fraction of sp³-hybridized carbons (Fsp3) is 0.417. The molecule has 0 aliphatic heterocycles. The molecule has 5 heteroatoms. The first-order valence-electron chi connectivity index (χ1n) is 5.50. The van der Waals surface area contributed by atoms with Crippen LogP contribution in [0.15, 0.2) is 18.2 Å². The van der Waals surface area contributed by atoms with Crippen molar-refractivity contribution in [3.63, 3.8) is 0 Å². The predicted octanol–water partition coefficient (Wildman–Crippen LogP) is 1.82. The summed E-state index contributed by atoms with van der Waals surface area (Å²) in [4.78, 5) is 11.7. The van der Waals surface area contributed by atoms with Crippen LogP contribution in [0.4, 0.5) is 8.78 Å². The number of hydrogen-bond donors (Lipinski definition) is 2. The lowest BCUT2D eigenvalue weighted by atomic mass is 10.1. The molecule has 94 valence electrons. The van der Waals surface area contributed by atoms with Gasteiger partial charge in [0.15, 0.2) is 11.6 Å². The van der Waals surface area contributed by atoms with Crippen molar-refractivity contribution in [2.24, 2.45) is 5.73 Å². The number of halogens is 2. The smallest absolute Gasteiger partial charge is 0.251 e. The maximum atomic E-state index is 12.9. The summed E-state index contributed by atoms with van der Waals surface area (Å²) in [7, 11) is 0. The molecule has 0 aromatic heterocycles. The molecule has 0 spiro atoms. The lowest BCUT2D eigenvalue weighted by Crippen LogP contribution is -2.33. The highest BCUT2D eigenvalue weighted by atomic mass is 19.2. The van der Waals surface area contributed by atoms with Crippen molar-refractivity contribution >= 4 is 5.91 Å². The summed E-state index contributed by atoms with van der Waals surface area (Å²) < 4.78 is 25.6. The average Bonchev–Trinajstić information content (AvgIpc) is 2.30. The van der Waals surface area contributed by atoms with Gasteiger partial charge in [0, 0.05) is 11.6 Å². The van der Waals surface area contributed by atoms with Crippen molar-refractivity contribution in [3.05, 3.63) is 35.4 Å². The summed E-state index contributed by atoms with van der Waals surface area (Å²) in [5, 5.41) is 2.69. The van der Waals surface area contributed by atoms with Gasteiger partial charge in [0.2, 0.25) is 0 Å².